The van der Waals surface area contributed by atoms with Crippen LogP contribution in [-0.2, 0) is 0 Å². The van der Waals surface area contributed by atoms with Gasteiger partial charge in [0.1, 0.15) is 22.5 Å². The first-order chi connectivity index (χ1) is 11.0. The fourth-order valence-electron chi connectivity index (χ4n) is 2.01. The van der Waals surface area contributed by atoms with Crippen LogP contribution in [-0.4, -0.2) is 20.7 Å². The van der Waals surface area contributed by atoms with E-state index in [-0.39, 0.29) is 22.2 Å². The number of benzene rings is 1. The second-order valence-corrected chi connectivity index (χ2v) is 5.07. The van der Waals surface area contributed by atoms with E-state index in [9.17, 15) is 9.18 Å². The fourth-order valence-corrected chi connectivity index (χ4v) is 2.22. The number of aromatic nitrogens is 3. The highest BCUT2D eigenvalue weighted by atomic mass is 35.5. The first kappa shape index (κ1) is 15.0. The molecule has 3 N–H and O–H groups in total. The zero-order valence-electron chi connectivity index (χ0n) is 11.7. The van der Waals surface area contributed by atoms with E-state index in [1.165, 1.54) is 35.3 Å². The number of hydrogen-bond donors (Lipinski definition) is 2. The largest absolute Gasteiger partial charge is 0.384 e. The van der Waals surface area contributed by atoms with Gasteiger partial charge in [-0.05, 0) is 24.3 Å². The Balaban J connectivity index is 1.82. The van der Waals surface area contributed by atoms with Crippen molar-refractivity contribution in [3.05, 3.63) is 65.3 Å². The van der Waals surface area contributed by atoms with Gasteiger partial charge in [-0.1, -0.05) is 23.7 Å². The van der Waals surface area contributed by atoms with E-state index in [4.69, 9.17) is 17.3 Å². The van der Waals surface area contributed by atoms with E-state index in [0.717, 1.165) is 0 Å². The molecule has 0 aliphatic heterocycles. The lowest BCUT2D eigenvalue weighted by Crippen LogP contribution is -2.12. The lowest BCUT2D eigenvalue weighted by Gasteiger charge is -2.04. The van der Waals surface area contributed by atoms with Gasteiger partial charge in [0.15, 0.2) is 0 Å². The number of rotatable bonds is 3. The second kappa shape index (κ2) is 6.05. The first-order valence-corrected chi connectivity index (χ1v) is 6.95. The van der Waals surface area contributed by atoms with E-state index >= 15 is 0 Å². The third-order valence-electron chi connectivity index (χ3n) is 3.02. The molecule has 23 heavy (non-hydrogen) atoms. The Morgan fingerprint density at radius 1 is 1.30 bits per heavy atom. The molecular formula is C15H11ClFN5O. The van der Waals surface area contributed by atoms with E-state index < -0.39 is 11.7 Å². The average molecular weight is 332 g/mol. The van der Waals surface area contributed by atoms with Crippen molar-refractivity contribution in [2.75, 3.05) is 11.1 Å². The van der Waals surface area contributed by atoms with Gasteiger partial charge in [-0.2, -0.15) is 5.10 Å². The summed E-state index contributed by atoms with van der Waals surface area (Å²) in [4.78, 5) is 15.9. The summed E-state index contributed by atoms with van der Waals surface area (Å²) < 4.78 is 15.0. The molecular weight excluding hydrogens is 321 g/mol. The number of nitrogens with one attached hydrogen (secondary N) is 1. The smallest absolute Gasteiger partial charge is 0.255 e. The van der Waals surface area contributed by atoms with Gasteiger partial charge in [0.25, 0.3) is 5.91 Å². The van der Waals surface area contributed by atoms with Crippen LogP contribution in [0, 0.1) is 5.82 Å². The van der Waals surface area contributed by atoms with Gasteiger partial charge < -0.3 is 11.1 Å². The van der Waals surface area contributed by atoms with Crippen molar-refractivity contribution in [1.29, 1.82) is 0 Å². The number of nitrogens with zero attached hydrogens (tertiary/aromatic N) is 3. The zero-order chi connectivity index (χ0) is 16.4. The van der Waals surface area contributed by atoms with Crippen LogP contribution in [0.25, 0.3) is 5.69 Å². The molecule has 0 radical (unpaired) electrons. The number of pyridine rings is 1. The lowest BCUT2D eigenvalue weighted by molar-refractivity contribution is 0.102. The predicted molar refractivity (Wildman–Crippen MR) is 85.1 cm³/mol. The standard InChI is InChI=1S/C15H11ClFN5O/c16-13-5-9(6-14(18)21-13)15(23)20-10-7-19-22(8-10)12-4-2-1-3-11(12)17/h1-8H,(H2,18,21)(H,20,23). The first-order valence-electron chi connectivity index (χ1n) is 6.57. The summed E-state index contributed by atoms with van der Waals surface area (Å²) in [6.45, 7) is 0. The molecule has 1 aromatic carbocycles. The Morgan fingerprint density at radius 3 is 2.83 bits per heavy atom. The SMILES string of the molecule is Nc1cc(C(=O)Nc2cnn(-c3ccccc3F)c2)cc(Cl)n1. The number of carbonyl (C=O) groups is 1. The Kier molecular flexibility index (Phi) is 3.94. The average Bonchev–Trinajstić information content (AvgIpc) is 2.95. The van der Waals surface area contributed by atoms with Crippen LogP contribution in [0.15, 0.2) is 48.8 Å². The predicted octanol–water partition coefficient (Wildman–Crippen LogP) is 2.89. The molecule has 2 heterocycles. The van der Waals surface area contributed by atoms with Crippen LogP contribution in [0.2, 0.25) is 5.15 Å². The highest BCUT2D eigenvalue weighted by molar-refractivity contribution is 6.30. The van der Waals surface area contributed by atoms with Gasteiger partial charge in [-0.15, -0.1) is 0 Å². The van der Waals surface area contributed by atoms with Crippen molar-refractivity contribution in [2.24, 2.45) is 0 Å². The van der Waals surface area contributed by atoms with Crippen molar-refractivity contribution in [1.82, 2.24) is 14.8 Å². The summed E-state index contributed by atoms with van der Waals surface area (Å²) in [7, 11) is 0. The van der Waals surface area contributed by atoms with Gasteiger partial charge in [0.05, 0.1) is 18.1 Å². The summed E-state index contributed by atoms with van der Waals surface area (Å²) in [6.07, 6.45) is 2.92. The van der Waals surface area contributed by atoms with Crippen LogP contribution >= 0.6 is 11.6 Å². The summed E-state index contributed by atoms with van der Waals surface area (Å²) in [6, 6.07) is 8.99. The van der Waals surface area contributed by atoms with Crippen molar-refractivity contribution >= 4 is 29.0 Å². The number of carbonyl (C=O) groups excluding carboxylic acids is 1. The number of anilines is 2. The van der Waals surface area contributed by atoms with Crippen molar-refractivity contribution < 1.29 is 9.18 Å². The van der Waals surface area contributed by atoms with Gasteiger partial charge in [-0.25, -0.2) is 14.1 Å². The van der Waals surface area contributed by atoms with E-state index in [1.54, 1.807) is 18.2 Å². The molecule has 116 valence electrons. The minimum absolute atomic E-state index is 0.122. The van der Waals surface area contributed by atoms with Crippen molar-refractivity contribution in [3.8, 4) is 5.69 Å². The summed E-state index contributed by atoms with van der Waals surface area (Å²) in [5.41, 5.74) is 6.51. The molecule has 3 rings (SSSR count). The molecule has 8 heteroatoms. The van der Waals surface area contributed by atoms with Gasteiger partial charge in [-0.3, -0.25) is 4.79 Å². The molecule has 0 aliphatic rings. The van der Waals surface area contributed by atoms with Gasteiger partial charge in [0.2, 0.25) is 0 Å². The number of halogens is 2. The zero-order valence-corrected chi connectivity index (χ0v) is 12.5. The number of nitrogen functional groups attached to an aromatic ring is 1. The van der Waals surface area contributed by atoms with Crippen molar-refractivity contribution in [2.45, 2.75) is 0 Å². The van der Waals surface area contributed by atoms with Crippen LogP contribution in [0.4, 0.5) is 15.9 Å². The molecule has 0 unspecified atom stereocenters. The second-order valence-electron chi connectivity index (χ2n) is 4.68. The molecule has 6 nitrogen and oxygen atoms in total. The summed E-state index contributed by atoms with van der Waals surface area (Å²) >= 11 is 5.77. The molecule has 2 aromatic heterocycles. The molecule has 0 saturated heterocycles. The monoisotopic (exact) mass is 331 g/mol. The molecule has 0 atom stereocenters. The molecule has 0 spiro atoms. The van der Waals surface area contributed by atoms with Crippen LogP contribution in [0.5, 0.6) is 0 Å². The number of amides is 1. The Morgan fingerprint density at radius 2 is 2.09 bits per heavy atom. The fraction of sp³-hybridized carbons (Fsp3) is 0. The van der Waals surface area contributed by atoms with E-state index in [1.807, 2.05) is 0 Å². The molecule has 1 amide bonds. The summed E-state index contributed by atoms with van der Waals surface area (Å²) in [5.74, 6) is -0.694. The minimum atomic E-state index is -0.422. The molecule has 0 aliphatic carbocycles. The number of hydrogen-bond acceptors (Lipinski definition) is 4. The normalized spacial score (nSPS) is 10.5. The van der Waals surface area contributed by atoms with E-state index in [2.05, 4.69) is 15.4 Å². The number of para-hydroxylation sites is 1. The van der Waals surface area contributed by atoms with E-state index in [0.29, 0.717) is 5.69 Å². The maximum absolute atomic E-state index is 13.7. The number of nitrogens with two attached hydrogens (primary N) is 1. The van der Waals surface area contributed by atoms with Crippen LogP contribution in [0.1, 0.15) is 10.4 Å². The van der Waals surface area contributed by atoms with Crippen LogP contribution < -0.4 is 11.1 Å². The Labute approximate surface area is 135 Å². The lowest BCUT2D eigenvalue weighted by atomic mass is 10.2. The maximum atomic E-state index is 13.7. The topological polar surface area (TPSA) is 85.8 Å². The van der Waals surface area contributed by atoms with Crippen molar-refractivity contribution in [3.63, 3.8) is 0 Å². The van der Waals surface area contributed by atoms with Gasteiger partial charge in [0, 0.05) is 5.56 Å². The van der Waals surface area contributed by atoms with Crippen LogP contribution in [0.3, 0.4) is 0 Å². The molecule has 0 saturated carbocycles. The van der Waals surface area contributed by atoms with Gasteiger partial charge >= 0.3 is 0 Å². The Bertz CT molecular complexity index is 860. The third-order valence-corrected chi connectivity index (χ3v) is 3.21. The highest BCUT2D eigenvalue weighted by Crippen LogP contribution is 2.17. The summed E-state index contributed by atoms with van der Waals surface area (Å²) in [5, 5.41) is 6.79. The quantitative estimate of drug-likeness (QED) is 0.722. The molecule has 3 aromatic rings. The third kappa shape index (κ3) is 3.29. The molecule has 0 bridgehead atoms. The molecule has 0 fully saturated rings. The maximum Gasteiger partial charge on any atom is 0.255 e. The Hall–Kier alpha value is -2.93. The highest BCUT2D eigenvalue weighted by Gasteiger charge is 2.11. The minimum Gasteiger partial charge on any atom is -0.384 e.